The second-order valence-electron chi connectivity index (χ2n) is 7.07. The molecule has 2 fully saturated rings. The number of nitrogens with zero attached hydrogens (tertiary/aromatic N) is 2. The molecule has 1 spiro atoms. The summed E-state index contributed by atoms with van der Waals surface area (Å²) in [4.78, 5) is 28.6. The number of piperidine rings is 1. The molecule has 0 radical (unpaired) electrons. The number of hydrogen-bond donors (Lipinski definition) is 0. The SMILES string of the molecule is COCC(=O)N1CC[C@]2(CCCN(Cc3cc(OC)ccc3F)C2=O)C1. The standard InChI is InChI=1S/C19H25FN2O4/c1-25-12-17(23)22-9-7-19(13-22)6-3-8-21(18(19)24)11-14-10-15(26-2)4-5-16(14)20/h4-5,10H,3,6-9,11-13H2,1-2H3/t19-/m1/s1. The monoisotopic (exact) mass is 364 g/mol. The molecular formula is C19H25FN2O4. The van der Waals surface area contributed by atoms with Crippen LogP contribution in [0.3, 0.4) is 0 Å². The van der Waals surface area contributed by atoms with Gasteiger partial charge in [-0.1, -0.05) is 0 Å². The molecule has 1 atom stereocenters. The fourth-order valence-corrected chi connectivity index (χ4v) is 3.99. The third-order valence-electron chi connectivity index (χ3n) is 5.41. The summed E-state index contributed by atoms with van der Waals surface area (Å²) >= 11 is 0. The number of amides is 2. The van der Waals surface area contributed by atoms with Crippen molar-refractivity contribution in [2.75, 3.05) is 40.5 Å². The Morgan fingerprint density at radius 1 is 1.27 bits per heavy atom. The number of benzene rings is 1. The summed E-state index contributed by atoms with van der Waals surface area (Å²) in [5.41, 5.74) is -0.100. The third kappa shape index (κ3) is 3.53. The molecule has 26 heavy (non-hydrogen) atoms. The van der Waals surface area contributed by atoms with Crippen molar-refractivity contribution in [3.8, 4) is 5.75 Å². The number of rotatable bonds is 5. The molecule has 0 aromatic heterocycles. The Bertz CT molecular complexity index is 696. The van der Waals surface area contributed by atoms with Gasteiger partial charge < -0.3 is 19.3 Å². The van der Waals surface area contributed by atoms with Gasteiger partial charge in [-0.15, -0.1) is 0 Å². The minimum atomic E-state index is -0.545. The predicted octanol–water partition coefficient (Wildman–Crippen LogP) is 1.82. The summed E-state index contributed by atoms with van der Waals surface area (Å²) in [6, 6.07) is 4.56. The van der Waals surface area contributed by atoms with E-state index < -0.39 is 5.41 Å². The molecule has 0 aliphatic carbocycles. The predicted molar refractivity (Wildman–Crippen MR) is 93.1 cm³/mol. The zero-order valence-electron chi connectivity index (χ0n) is 15.3. The van der Waals surface area contributed by atoms with E-state index in [-0.39, 0.29) is 30.8 Å². The van der Waals surface area contributed by atoms with E-state index >= 15 is 0 Å². The van der Waals surface area contributed by atoms with Crippen molar-refractivity contribution in [2.24, 2.45) is 5.41 Å². The van der Waals surface area contributed by atoms with Crippen LogP contribution >= 0.6 is 0 Å². The van der Waals surface area contributed by atoms with Crippen LogP contribution in [0.15, 0.2) is 18.2 Å². The first kappa shape index (κ1) is 18.6. The lowest BCUT2D eigenvalue weighted by Crippen LogP contribution is -2.50. The summed E-state index contributed by atoms with van der Waals surface area (Å²) in [5, 5.41) is 0. The maximum atomic E-state index is 14.1. The van der Waals surface area contributed by atoms with Crippen LogP contribution in [0.2, 0.25) is 0 Å². The number of halogens is 1. The highest BCUT2D eigenvalue weighted by Gasteiger charge is 2.49. The van der Waals surface area contributed by atoms with E-state index in [9.17, 15) is 14.0 Å². The van der Waals surface area contributed by atoms with Gasteiger partial charge in [0.2, 0.25) is 11.8 Å². The Hall–Kier alpha value is -2.15. The molecule has 2 saturated heterocycles. The number of ether oxygens (including phenoxy) is 2. The molecule has 7 heteroatoms. The average Bonchev–Trinajstić information content (AvgIpc) is 3.06. The van der Waals surface area contributed by atoms with Crippen molar-refractivity contribution in [1.82, 2.24) is 9.80 Å². The Kier molecular flexibility index (Phi) is 5.46. The molecule has 2 amide bonds. The van der Waals surface area contributed by atoms with Crippen LogP contribution in [-0.4, -0.2) is 62.1 Å². The first-order chi connectivity index (χ1) is 12.5. The number of likely N-dealkylation sites (tertiary alicyclic amines) is 2. The fourth-order valence-electron chi connectivity index (χ4n) is 3.99. The smallest absolute Gasteiger partial charge is 0.248 e. The largest absolute Gasteiger partial charge is 0.497 e. The van der Waals surface area contributed by atoms with E-state index in [1.54, 1.807) is 21.9 Å². The third-order valence-corrected chi connectivity index (χ3v) is 5.41. The topological polar surface area (TPSA) is 59.1 Å². The first-order valence-corrected chi connectivity index (χ1v) is 8.87. The number of carbonyl (C=O) groups excluding carboxylic acids is 2. The fraction of sp³-hybridized carbons (Fsp3) is 0.579. The van der Waals surface area contributed by atoms with Gasteiger partial charge in [0.15, 0.2) is 0 Å². The Labute approximate surface area is 152 Å². The van der Waals surface area contributed by atoms with Gasteiger partial charge in [0.25, 0.3) is 0 Å². The quantitative estimate of drug-likeness (QED) is 0.800. The normalized spacial score (nSPS) is 23.0. The lowest BCUT2D eigenvalue weighted by Gasteiger charge is -2.39. The molecule has 3 rings (SSSR count). The van der Waals surface area contributed by atoms with Crippen LogP contribution < -0.4 is 4.74 Å². The average molecular weight is 364 g/mol. The van der Waals surface area contributed by atoms with Gasteiger partial charge in [0, 0.05) is 38.9 Å². The van der Waals surface area contributed by atoms with Crippen LogP contribution in [0.1, 0.15) is 24.8 Å². The van der Waals surface area contributed by atoms with Gasteiger partial charge in [-0.25, -0.2) is 4.39 Å². The van der Waals surface area contributed by atoms with Gasteiger partial charge in [-0.3, -0.25) is 9.59 Å². The number of carbonyl (C=O) groups is 2. The molecule has 2 heterocycles. The van der Waals surface area contributed by atoms with E-state index in [1.165, 1.54) is 20.3 Å². The maximum Gasteiger partial charge on any atom is 0.248 e. The highest BCUT2D eigenvalue weighted by molar-refractivity contribution is 5.86. The lowest BCUT2D eigenvalue weighted by molar-refractivity contribution is -0.147. The van der Waals surface area contributed by atoms with Crippen LogP contribution in [0.4, 0.5) is 4.39 Å². The van der Waals surface area contributed by atoms with Crippen molar-refractivity contribution in [2.45, 2.75) is 25.8 Å². The summed E-state index contributed by atoms with van der Waals surface area (Å²) in [6.45, 7) is 1.84. The zero-order valence-corrected chi connectivity index (χ0v) is 15.3. The van der Waals surface area contributed by atoms with E-state index in [2.05, 4.69) is 0 Å². The Morgan fingerprint density at radius 2 is 2.08 bits per heavy atom. The van der Waals surface area contributed by atoms with E-state index in [4.69, 9.17) is 9.47 Å². The van der Waals surface area contributed by atoms with E-state index in [0.717, 1.165) is 12.8 Å². The van der Waals surface area contributed by atoms with Crippen LogP contribution in [-0.2, 0) is 20.9 Å². The number of hydrogen-bond acceptors (Lipinski definition) is 4. The second kappa shape index (κ2) is 7.61. The highest BCUT2D eigenvalue weighted by atomic mass is 19.1. The van der Waals surface area contributed by atoms with Gasteiger partial charge in [-0.2, -0.15) is 0 Å². The van der Waals surface area contributed by atoms with Crippen molar-refractivity contribution >= 4 is 11.8 Å². The molecule has 0 N–H and O–H groups in total. The van der Waals surface area contributed by atoms with Crippen molar-refractivity contribution in [3.05, 3.63) is 29.6 Å². The van der Waals surface area contributed by atoms with Crippen LogP contribution in [0.25, 0.3) is 0 Å². The molecule has 0 saturated carbocycles. The molecule has 142 valence electrons. The van der Waals surface area contributed by atoms with Crippen molar-refractivity contribution in [3.63, 3.8) is 0 Å². The maximum absolute atomic E-state index is 14.1. The van der Waals surface area contributed by atoms with Crippen LogP contribution in [0, 0.1) is 11.2 Å². The van der Waals surface area contributed by atoms with E-state index in [1.807, 2.05) is 0 Å². The van der Waals surface area contributed by atoms with Gasteiger partial charge in [-0.05, 0) is 37.5 Å². The van der Waals surface area contributed by atoms with Gasteiger partial charge >= 0.3 is 0 Å². The van der Waals surface area contributed by atoms with Crippen molar-refractivity contribution < 1.29 is 23.5 Å². The molecule has 2 aliphatic heterocycles. The minimum absolute atomic E-state index is 0.0127. The Morgan fingerprint density at radius 3 is 2.81 bits per heavy atom. The molecule has 6 nitrogen and oxygen atoms in total. The summed E-state index contributed by atoms with van der Waals surface area (Å²) in [5.74, 6) is 0.145. The van der Waals surface area contributed by atoms with Crippen molar-refractivity contribution in [1.29, 1.82) is 0 Å². The highest BCUT2D eigenvalue weighted by Crippen LogP contribution is 2.40. The molecule has 1 aromatic carbocycles. The minimum Gasteiger partial charge on any atom is -0.497 e. The van der Waals surface area contributed by atoms with Crippen LogP contribution in [0.5, 0.6) is 5.75 Å². The van der Waals surface area contributed by atoms with Gasteiger partial charge in [0.05, 0.1) is 12.5 Å². The molecule has 0 unspecified atom stereocenters. The molecule has 0 bridgehead atoms. The lowest BCUT2D eigenvalue weighted by atomic mass is 9.78. The van der Waals surface area contributed by atoms with E-state index in [0.29, 0.717) is 37.4 Å². The summed E-state index contributed by atoms with van der Waals surface area (Å²) in [7, 11) is 3.02. The zero-order chi connectivity index (χ0) is 18.7. The molecular weight excluding hydrogens is 339 g/mol. The molecule has 2 aliphatic rings. The summed E-state index contributed by atoms with van der Waals surface area (Å²) in [6.07, 6.45) is 2.27. The number of methoxy groups -OCH3 is 2. The second-order valence-corrected chi connectivity index (χ2v) is 7.07. The molecule has 1 aromatic rings. The van der Waals surface area contributed by atoms with Gasteiger partial charge in [0.1, 0.15) is 18.2 Å². The first-order valence-electron chi connectivity index (χ1n) is 8.87. The summed E-state index contributed by atoms with van der Waals surface area (Å²) < 4.78 is 24.2. The Balaban J connectivity index is 1.73.